The van der Waals surface area contributed by atoms with Crippen LogP contribution < -0.4 is 10.1 Å². The summed E-state index contributed by atoms with van der Waals surface area (Å²) in [4.78, 5) is 0. The smallest absolute Gasteiger partial charge is 0.119 e. The third-order valence-corrected chi connectivity index (χ3v) is 2.97. The van der Waals surface area contributed by atoms with Crippen LogP contribution in [-0.2, 0) is 0 Å². The standard InChI is InChI=1S/C16H21NO2/c1-3-10-19-15-7-5-13(6-8-15)16(17-4-2)14-9-11-18-12-14/h5-9,11-12,16-17H,3-4,10H2,1-2H3. The van der Waals surface area contributed by atoms with Crippen molar-refractivity contribution in [1.29, 1.82) is 0 Å². The molecule has 1 aromatic carbocycles. The summed E-state index contributed by atoms with van der Waals surface area (Å²) < 4.78 is 10.8. The molecule has 19 heavy (non-hydrogen) atoms. The van der Waals surface area contributed by atoms with Crippen LogP contribution in [0.1, 0.15) is 37.4 Å². The minimum Gasteiger partial charge on any atom is -0.494 e. The Bertz CT molecular complexity index is 462. The summed E-state index contributed by atoms with van der Waals surface area (Å²) >= 11 is 0. The zero-order chi connectivity index (χ0) is 13.5. The minimum absolute atomic E-state index is 0.170. The lowest BCUT2D eigenvalue weighted by Crippen LogP contribution is -2.21. The highest BCUT2D eigenvalue weighted by molar-refractivity contribution is 5.34. The van der Waals surface area contributed by atoms with Crippen molar-refractivity contribution in [2.24, 2.45) is 0 Å². The first-order valence-electron chi connectivity index (χ1n) is 6.83. The molecule has 0 aliphatic rings. The fraction of sp³-hybridized carbons (Fsp3) is 0.375. The van der Waals surface area contributed by atoms with Crippen LogP contribution in [-0.4, -0.2) is 13.2 Å². The van der Waals surface area contributed by atoms with Gasteiger partial charge >= 0.3 is 0 Å². The van der Waals surface area contributed by atoms with Crippen molar-refractivity contribution in [3.63, 3.8) is 0 Å². The van der Waals surface area contributed by atoms with Gasteiger partial charge in [-0.3, -0.25) is 0 Å². The van der Waals surface area contributed by atoms with Crippen molar-refractivity contribution in [3.05, 3.63) is 54.0 Å². The minimum atomic E-state index is 0.170. The maximum absolute atomic E-state index is 5.60. The average Bonchev–Trinajstić information content (AvgIpc) is 2.97. The van der Waals surface area contributed by atoms with Crippen molar-refractivity contribution >= 4 is 0 Å². The zero-order valence-electron chi connectivity index (χ0n) is 11.6. The number of hydrogen-bond acceptors (Lipinski definition) is 3. The summed E-state index contributed by atoms with van der Waals surface area (Å²) in [7, 11) is 0. The van der Waals surface area contributed by atoms with E-state index in [9.17, 15) is 0 Å². The molecular formula is C16H21NO2. The van der Waals surface area contributed by atoms with Gasteiger partial charge in [-0.25, -0.2) is 0 Å². The number of nitrogens with one attached hydrogen (secondary N) is 1. The molecule has 0 bridgehead atoms. The van der Waals surface area contributed by atoms with E-state index in [0.29, 0.717) is 0 Å². The molecule has 0 fully saturated rings. The van der Waals surface area contributed by atoms with Gasteiger partial charge in [0.05, 0.1) is 25.2 Å². The molecule has 2 rings (SSSR count). The van der Waals surface area contributed by atoms with Crippen LogP contribution in [0.5, 0.6) is 5.75 Å². The number of ether oxygens (including phenoxy) is 1. The van der Waals surface area contributed by atoms with Crippen LogP contribution in [0.2, 0.25) is 0 Å². The number of benzene rings is 1. The van der Waals surface area contributed by atoms with E-state index in [1.807, 2.05) is 18.2 Å². The highest BCUT2D eigenvalue weighted by Crippen LogP contribution is 2.24. The lowest BCUT2D eigenvalue weighted by Gasteiger charge is -2.17. The van der Waals surface area contributed by atoms with Crippen molar-refractivity contribution in [1.82, 2.24) is 5.32 Å². The number of furan rings is 1. The molecule has 0 aliphatic carbocycles. The van der Waals surface area contributed by atoms with Gasteiger partial charge in [-0.05, 0) is 36.7 Å². The average molecular weight is 259 g/mol. The first-order valence-corrected chi connectivity index (χ1v) is 6.83. The van der Waals surface area contributed by atoms with E-state index in [2.05, 4.69) is 31.3 Å². The van der Waals surface area contributed by atoms with Gasteiger partial charge in [0, 0.05) is 5.56 Å². The van der Waals surface area contributed by atoms with Gasteiger partial charge in [0.25, 0.3) is 0 Å². The Morgan fingerprint density at radius 1 is 1.11 bits per heavy atom. The van der Waals surface area contributed by atoms with E-state index in [0.717, 1.165) is 30.9 Å². The molecule has 102 valence electrons. The second-order valence-electron chi connectivity index (χ2n) is 4.46. The third kappa shape index (κ3) is 3.61. The fourth-order valence-corrected chi connectivity index (χ4v) is 2.05. The van der Waals surface area contributed by atoms with Crippen LogP contribution in [0.4, 0.5) is 0 Å². The lowest BCUT2D eigenvalue weighted by molar-refractivity contribution is 0.317. The SMILES string of the molecule is CCCOc1ccc(C(NCC)c2ccoc2)cc1. The van der Waals surface area contributed by atoms with E-state index in [4.69, 9.17) is 9.15 Å². The van der Waals surface area contributed by atoms with Crippen molar-refractivity contribution in [3.8, 4) is 5.75 Å². The van der Waals surface area contributed by atoms with Gasteiger partial charge in [-0.15, -0.1) is 0 Å². The first kappa shape index (κ1) is 13.7. The molecular weight excluding hydrogens is 238 g/mol. The summed E-state index contributed by atoms with van der Waals surface area (Å²) in [5.41, 5.74) is 2.36. The summed E-state index contributed by atoms with van der Waals surface area (Å²) in [5, 5.41) is 3.46. The summed E-state index contributed by atoms with van der Waals surface area (Å²) in [6.07, 6.45) is 4.52. The lowest BCUT2D eigenvalue weighted by atomic mass is 10.0. The van der Waals surface area contributed by atoms with E-state index < -0.39 is 0 Å². The molecule has 2 aromatic rings. The molecule has 3 nitrogen and oxygen atoms in total. The molecule has 3 heteroatoms. The normalized spacial score (nSPS) is 12.3. The molecule has 0 amide bonds. The number of hydrogen-bond donors (Lipinski definition) is 1. The molecule has 0 spiro atoms. The van der Waals surface area contributed by atoms with Crippen LogP contribution in [0.3, 0.4) is 0 Å². The third-order valence-electron chi connectivity index (χ3n) is 2.97. The molecule has 0 aliphatic heterocycles. The topological polar surface area (TPSA) is 34.4 Å². The van der Waals surface area contributed by atoms with Crippen molar-refractivity contribution < 1.29 is 9.15 Å². The first-order chi connectivity index (χ1) is 9.35. The van der Waals surface area contributed by atoms with Crippen molar-refractivity contribution in [2.45, 2.75) is 26.3 Å². The second kappa shape index (κ2) is 7.00. The van der Waals surface area contributed by atoms with E-state index in [1.54, 1.807) is 12.5 Å². The molecule has 1 unspecified atom stereocenters. The van der Waals surface area contributed by atoms with Gasteiger partial charge < -0.3 is 14.5 Å². The summed E-state index contributed by atoms with van der Waals surface area (Å²) in [6, 6.07) is 10.4. The van der Waals surface area contributed by atoms with E-state index >= 15 is 0 Å². The van der Waals surface area contributed by atoms with Crippen LogP contribution in [0.25, 0.3) is 0 Å². The molecule has 0 saturated heterocycles. The predicted molar refractivity (Wildman–Crippen MR) is 76.5 cm³/mol. The Balaban J connectivity index is 2.13. The molecule has 0 radical (unpaired) electrons. The summed E-state index contributed by atoms with van der Waals surface area (Å²) in [6.45, 7) is 5.88. The van der Waals surface area contributed by atoms with Gasteiger partial charge in [-0.2, -0.15) is 0 Å². The highest BCUT2D eigenvalue weighted by atomic mass is 16.5. The Morgan fingerprint density at radius 2 is 1.89 bits per heavy atom. The fourth-order valence-electron chi connectivity index (χ4n) is 2.05. The maximum atomic E-state index is 5.60. The van der Waals surface area contributed by atoms with Gasteiger partial charge in [0.15, 0.2) is 0 Å². The Kier molecular flexibility index (Phi) is 5.04. The molecule has 1 atom stereocenters. The van der Waals surface area contributed by atoms with Crippen molar-refractivity contribution in [2.75, 3.05) is 13.2 Å². The maximum Gasteiger partial charge on any atom is 0.119 e. The Labute approximate surface area is 114 Å². The molecule has 0 saturated carbocycles. The monoisotopic (exact) mass is 259 g/mol. The number of rotatable bonds is 7. The molecule has 1 N–H and O–H groups in total. The molecule has 1 heterocycles. The zero-order valence-corrected chi connectivity index (χ0v) is 11.6. The highest BCUT2D eigenvalue weighted by Gasteiger charge is 2.13. The van der Waals surface area contributed by atoms with E-state index in [-0.39, 0.29) is 6.04 Å². The van der Waals surface area contributed by atoms with Gasteiger partial charge in [-0.1, -0.05) is 26.0 Å². The van der Waals surface area contributed by atoms with Crippen LogP contribution in [0.15, 0.2) is 47.3 Å². The van der Waals surface area contributed by atoms with Crippen LogP contribution in [0, 0.1) is 0 Å². The van der Waals surface area contributed by atoms with Crippen LogP contribution >= 0.6 is 0 Å². The van der Waals surface area contributed by atoms with Gasteiger partial charge in [0.2, 0.25) is 0 Å². The second-order valence-corrected chi connectivity index (χ2v) is 4.46. The summed E-state index contributed by atoms with van der Waals surface area (Å²) in [5.74, 6) is 0.924. The van der Waals surface area contributed by atoms with E-state index in [1.165, 1.54) is 5.56 Å². The largest absolute Gasteiger partial charge is 0.494 e. The molecule has 1 aromatic heterocycles. The van der Waals surface area contributed by atoms with Gasteiger partial charge in [0.1, 0.15) is 5.75 Å². The Hall–Kier alpha value is -1.74. The predicted octanol–water partition coefficient (Wildman–Crippen LogP) is 3.77. The Morgan fingerprint density at radius 3 is 2.47 bits per heavy atom. The quantitative estimate of drug-likeness (QED) is 0.822.